The highest BCUT2D eigenvalue weighted by Gasteiger charge is 2.34. The Kier molecular flexibility index (Phi) is 5.32. The number of para-hydroxylation sites is 1. The molecule has 5 heteroatoms. The highest BCUT2D eigenvalue weighted by Crippen LogP contribution is 2.28. The summed E-state index contributed by atoms with van der Waals surface area (Å²) in [6.07, 6.45) is 0.945. The molecule has 1 fully saturated rings. The van der Waals surface area contributed by atoms with Crippen LogP contribution in [-0.2, 0) is 9.53 Å². The summed E-state index contributed by atoms with van der Waals surface area (Å²) in [5, 5.41) is 12.6. The van der Waals surface area contributed by atoms with E-state index in [4.69, 9.17) is 10.00 Å². The number of benzene rings is 2. The van der Waals surface area contributed by atoms with Crippen LogP contribution in [-0.4, -0.2) is 37.1 Å². The summed E-state index contributed by atoms with van der Waals surface area (Å²) in [6.45, 7) is 1.53. The Hall–Kier alpha value is -2.84. The van der Waals surface area contributed by atoms with Crippen molar-refractivity contribution in [3.8, 4) is 6.07 Å². The van der Waals surface area contributed by atoms with Crippen LogP contribution in [0.4, 0.5) is 5.69 Å². The fourth-order valence-corrected chi connectivity index (χ4v) is 3.30. The third-order valence-electron chi connectivity index (χ3n) is 4.49. The molecule has 0 amide bonds. The van der Waals surface area contributed by atoms with Gasteiger partial charge in [-0.15, -0.1) is 0 Å². The normalized spacial score (nSPS) is 18.3. The molecule has 1 N–H and O–H groups in total. The number of likely N-dealkylation sites (tertiary alicyclic amines) is 1. The van der Waals surface area contributed by atoms with Crippen LogP contribution in [0.3, 0.4) is 0 Å². The van der Waals surface area contributed by atoms with Gasteiger partial charge < -0.3 is 10.1 Å². The molecule has 2 aromatic rings. The maximum absolute atomic E-state index is 12.4. The van der Waals surface area contributed by atoms with Crippen LogP contribution in [0.2, 0.25) is 0 Å². The maximum Gasteiger partial charge on any atom is 0.327 e. The van der Waals surface area contributed by atoms with Gasteiger partial charge in [0, 0.05) is 24.8 Å². The number of hydrogen-bond donors (Lipinski definition) is 1. The minimum atomic E-state index is -0.485. The van der Waals surface area contributed by atoms with Crippen LogP contribution in [0.15, 0.2) is 54.6 Å². The van der Waals surface area contributed by atoms with Gasteiger partial charge in [-0.25, -0.2) is 4.79 Å². The maximum atomic E-state index is 12.4. The van der Waals surface area contributed by atoms with Gasteiger partial charge in [-0.05, 0) is 36.2 Å². The molecule has 128 valence electrons. The van der Waals surface area contributed by atoms with E-state index in [1.54, 1.807) is 18.2 Å². The second-order valence-electron chi connectivity index (χ2n) is 6.15. The molecule has 0 radical (unpaired) electrons. The lowest BCUT2D eigenvalue weighted by atomic mass is 10.0. The van der Waals surface area contributed by atoms with Crippen molar-refractivity contribution in [2.45, 2.75) is 18.5 Å². The van der Waals surface area contributed by atoms with E-state index in [-0.39, 0.29) is 12.0 Å². The molecule has 2 aromatic carbocycles. The Morgan fingerprint density at radius 3 is 2.80 bits per heavy atom. The second kappa shape index (κ2) is 7.82. The molecular formula is C20H21N3O2. The molecular weight excluding hydrogens is 314 g/mol. The second-order valence-corrected chi connectivity index (χ2v) is 6.15. The van der Waals surface area contributed by atoms with E-state index in [1.807, 2.05) is 36.4 Å². The Balaban J connectivity index is 1.76. The number of hydrogen-bond acceptors (Lipinski definition) is 5. The predicted molar refractivity (Wildman–Crippen MR) is 96.0 cm³/mol. The standard InChI is InChI=1S/C20H21N3O2/c1-25-20(24)19(16-7-5-6-15(12-16)13-21)23-11-10-18(14-23)22-17-8-3-2-4-9-17/h2-9,12,18-19,22H,10-11,14H2,1H3. The first kappa shape index (κ1) is 17.0. The van der Waals surface area contributed by atoms with Crippen molar-refractivity contribution < 1.29 is 9.53 Å². The smallest absolute Gasteiger partial charge is 0.327 e. The molecule has 0 aromatic heterocycles. The third-order valence-corrected chi connectivity index (χ3v) is 4.49. The molecule has 0 spiro atoms. The highest BCUT2D eigenvalue weighted by atomic mass is 16.5. The summed E-state index contributed by atoms with van der Waals surface area (Å²) in [7, 11) is 1.40. The minimum absolute atomic E-state index is 0.272. The van der Waals surface area contributed by atoms with Crippen LogP contribution >= 0.6 is 0 Å². The average Bonchev–Trinajstić information content (AvgIpc) is 3.10. The molecule has 0 bridgehead atoms. The Bertz CT molecular complexity index is 770. The molecule has 2 atom stereocenters. The number of nitriles is 1. The van der Waals surface area contributed by atoms with E-state index in [2.05, 4.69) is 16.3 Å². The van der Waals surface area contributed by atoms with E-state index in [1.165, 1.54) is 7.11 Å². The summed E-state index contributed by atoms with van der Waals surface area (Å²) in [4.78, 5) is 14.5. The Labute approximate surface area is 147 Å². The number of nitrogens with one attached hydrogen (secondary N) is 1. The van der Waals surface area contributed by atoms with Gasteiger partial charge >= 0.3 is 5.97 Å². The molecule has 2 unspecified atom stereocenters. The first-order valence-corrected chi connectivity index (χ1v) is 8.35. The Morgan fingerprint density at radius 1 is 1.28 bits per heavy atom. The SMILES string of the molecule is COC(=O)C(c1cccc(C#N)c1)N1CCC(Nc2ccccc2)C1. The lowest BCUT2D eigenvalue weighted by Gasteiger charge is -2.26. The molecule has 3 rings (SSSR count). The van der Waals surface area contributed by atoms with Crippen LogP contribution in [0.5, 0.6) is 0 Å². The van der Waals surface area contributed by atoms with Gasteiger partial charge in [0.15, 0.2) is 0 Å². The van der Waals surface area contributed by atoms with Gasteiger partial charge in [-0.1, -0.05) is 30.3 Å². The van der Waals surface area contributed by atoms with Crippen molar-refractivity contribution >= 4 is 11.7 Å². The zero-order chi connectivity index (χ0) is 17.6. The van der Waals surface area contributed by atoms with Crippen LogP contribution in [0.25, 0.3) is 0 Å². The Morgan fingerprint density at radius 2 is 2.08 bits per heavy atom. The van der Waals surface area contributed by atoms with Crippen LogP contribution in [0.1, 0.15) is 23.6 Å². The molecule has 25 heavy (non-hydrogen) atoms. The van der Waals surface area contributed by atoms with Crippen molar-refractivity contribution in [1.29, 1.82) is 5.26 Å². The average molecular weight is 335 g/mol. The number of ether oxygens (including phenoxy) is 1. The van der Waals surface area contributed by atoms with Gasteiger partial charge in [0.05, 0.1) is 18.7 Å². The van der Waals surface area contributed by atoms with Gasteiger partial charge in [0.1, 0.15) is 6.04 Å². The molecule has 1 aliphatic rings. The molecule has 1 heterocycles. The van der Waals surface area contributed by atoms with E-state index in [0.29, 0.717) is 5.56 Å². The number of rotatable bonds is 5. The highest BCUT2D eigenvalue weighted by molar-refractivity contribution is 5.77. The van der Waals surface area contributed by atoms with Gasteiger partial charge in [-0.2, -0.15) is 5.26 Å². The topological polar surface area (TPSA) is 65.4 Å². The number of nitrogens with zero attached hydrogens (tertiary/aromatic N) is 2. The zero-order valence-electron chi connectivity index (χ0n) is 14.2. The summed E-state index contributed by atoms with van der Waals surface area (Å²) < 4.78 is 5.02. The first-order chi connectivity index (χ1) is 12.2. The van der Waals surface area contributed by atoms with Gasteiger partial charge in [-0.3, -0.25) is 4.90 Å². The van der Waals surface area contributed by atoms with Crippen LogP contribution in [0, 0.1) is 11.3 Å². The third kappa shape index (κ3) is 3.98. The summed E-state index contributed by atoms with van der Waals surface area (Å²) >= 11 is 0. The molecule has 1 saturated heterocycles. The van der Waals surface area contributed by atoms with Gasteiger partial charge in [0.25, 0.3) is 0 Å². The fourth-order valence-electron chi connectivity index (χ4n) is 3.30. The van der Waals surface area contributed by atoms with Gasteiger partial charge in [0.2, 0.25) is 0 Å². The van der Waals surface area contributed by atoms with Crippen molar-refractivity contribution in [3.63, 3.8) is 0 Å². The van der Waals surface area contributed by atoms with E-state index in [9.17, 15) is 4.79 Å². The van der Waals surface area contributed by atoms with Crippen molar-refractivity contribution in [2.24, 2.45) is 0 Å². The van der Waals surface area contributed by atoms with Crippen molar-refractivity contribution in [3.05, 3.63) is 65.7 Å². The van der Waals surface area contributed by atoms with E-state index in [0.717, 1.165) is 30.8 Å². The molecule has 0 saturated carbocycles. The number of anilines is 1. The minimum Gasteiger partial charge on any atom is -0.468 e. The number of carbonyl (C=O) groups excluding carboxylic acids is 1. The summed E-state index contributed by atoms with van der Waals surface area (Å²) in [6, 6.07) is 19.2. The lowest BCUT2D eigenvalue weighted by Crippen LogP contribution is -2.35. The van der Waals surface area contributed by atoms with E-state index < -0.39 is 6.04 Å². The molecule has 0 aliphatic carbocycles. The monoisotopic (exact) mass is 335 g/mol. The predicted octanol–water partition coefficient (Wildman–Crippen LogP) is 2.96. The van der Waals surface area contributed by atoms with Crippen LogP contribution < -0.4 is 5.32 Å². The molecule has 5 nitrogen and oxygen atoms in total. The zero-order valence-corrected chi connectivity index (χ0v) is 14.2. The van der Waals surface area contributed by atoms with Crippen molar-refractivity contribution in [1.82, 2.24) is 4.90 Å². The van der Waals surface area contributed by atoms with E-state index >= 15 is 0 Å². The quantitative estimate of drug-likeness (QED) is 0.851. The first-order valence-electron chi connectivity index (χ1n) is 8.35. The summed E-state index contributed by atoms with van der Waals surface area (Å²) in [5.74, 6) is -0.296. The lowest BCUT2D eigenvalue weighted by molar-refractivity contribution is -0.146. The fraction of sp³-hybridized carbons (Fsp3) is 0.300. The number of carbonyl (C=O) groups is 1. The number of esters is 1. The summed E-state index contributed by atoms with van der Waals surface area (Å²) in [5.41, 5.74) is 2.42. The largest absolute Gasteiger partial charge is 0.468 e. The van der Waals surface area contributed by atoms with Crippen molar-refractivity contribution in [2.75, 3.05) is 25.5 Å². The number of methoxy groups -OCH3 is 1. The molecule has 1 aliphatic heterocycles.